The van der Waals surface area contributed by atoms with Crippen molar-refractivity contribution < 1.29 is 38.1 Å². The number of benzene rings is 3. The molecule has 4 N–H and O–H groups in total. The van der Waals surface area contributed by atoms with Crippen LogP contribution in [0.4, 0.5) is 9.59 Å². The third-order valence-electron chi connectivity index (χ3n) is 14.3. The summed E-state index contributed by atoms with van der Waals surface area (Å²) in [6.45, 7) is 6.32. The largest absolute Gasteiger partial charge is 0.453 e. The van der Waals surface area contributed by atoms with E-state index in [2.05, 4.69) is 95.1 Å². The zero-order chi connectivity index (χ0) is 45.9. The number of ether oxygens (including phenoxy) is 4. The summed E-state index contributed by atoms with van der Waals surface area (Å²) in [5.41, 5.74) is 5.87. The number of H-pyrrole nitrogens is 2. The summed E-state index contributed by atoms with van der Waals surface area (Å²) in [5.74, 6) is 1.14. The molecule has 6 heterocycles. The van der Waals surface area contributed by atoms with E-state index in [1.54, 1.807) is 0 Å². The number of alkyl carbamates (subject to hydrolysis) is 2. The van der Waals surface area contributed by atoms with Crippen LogP contribution in [0.5, 0.6) is 0 Å². The first kappa shape index (κ1) is 44.9. The second-order valence-corrected chi connectivity index (χ2v) is 18.2. The van der Waals surface area contributed by atoms with E-state index in [0.717, 1.165) is 81.7 Å². The fraction of sp³-hybridized carbons (Fsp3) is 0.480. The molecule has 0 spiro atoms. The Morgan fingerprint density at radius 2 is 0.985 bits per heavy atom. The third kappa shape index (κ3) is 9.25. The van der Waals surface area contributed by atoms with E-state index in [0.29, 0.717) is 52.1 Å². The number of likely N-dealkylation sites (tertiary alicyclic amines) is 2. The van der Waals surface area contributed by atoms with Crippen LogP contribution in [0.3, 0.4) is 0 Å². The van der Waals surface area contributed by atoms with Gasteiger partial charge in [-0.1, -0.05) is 48.5 Å². The molecule has 0 saturated carbocycles. The molecule has 2 aromatic heterocycles. The highest BCUT2D eigenvalue weighted by Crippen LogP contribution is 2.40. The molecule has 348 valence electrons. The van der Waals surface area contributed by atoms with Gasteiger partial charge in [0, 0.05) is 44.1 Å². The van der Waals surface area contributed by atoms with Crippen LogP contribution in [-0.2, 0) is 28.5 Å². The number of imidazole rings is 2. The van der Waals surface area contributed by atoms with Crippen LogP contribution in [-0.4, -0.2) is 119 Å². The highest BCUT2D eigenvalue weighted by Gasteiger charge is 2.44. The molecule has 5 aromatic rings. The van der Waals surface area contributed by atoms with Crippen LogP contribution in [0.15, 0.2) is 73.1 Å². The number of fused-ring (bicyclic) bond motifs is 1. The lowest BCUT2D eigenvalue weighted by Crippen LogP contribution is -2.54. The first-order chi connectivity index (χ1) is 32.1. The number of aromatic amines is 2. The second-order valence-electron chi connectivity index (χ2n) is 18.2. The Bertz CT molecular complexity index is 2530. The van der Waals surface area contributed by atoms with Gasteiger partial charge in [0.1, 0.15) is 23.7 Å². The number of nitrogens with one attached hydrogen (secondary N) is 4. The zero-order valence-electron chi connectivity index (χ0n) is 38.1. The average molecular weight is 901 g/mol. The van der Waals surface area contributed by atoms with Gasteiger partial charge in [-0.25, -0.2) is 19.6 Å². The Balaban J connectivity index is 0.876. The molecule has 4 fully saturated rings. The van der Waals surface area contributed by atoms with Gasteiger partial charge in [0.05, 0.1) is 50.1 Å². The van der Waals surface area contributed by atoms with E-state index in [4.69, 9.17) is 28.9 Å². The minimum Gasteiger partial charge on any atom is -0.453 e. The Labute approximate surface area is 384 Å². The van der Waals surface area contributed by atoms with Crippen LogP contribution >= 0.6 is 0 Å². The van der Waals surface area contributed by atoms with Crippen LogP contribution in [0.2, 0.25) is 0 Å². The van der Waals surface area contributed by atoms with Gasteiger partial charge >= 0.3 is 12.2 Å². The fourth-order valence-electron chi connectivity index (χ4n) is 10.5. The van der Waals surface area contributed by atoms with Gasteiger partial charge in [0.2, 0.25) is 11.8 Å². The molecular formula is C50H60N8O8. The molecule has 16 nitrogen and oxygen atoms in total. The maximum absolute atomic E-state index is 14.2. The van der Waals surface area contributed by atoms with Gasteiger partial charge in [-0.2, -0.15) is 0 Å². The summed E-state index contributed by atoms with van der Waals surface area (Å²) < 4.78 is 20.9. The van der Waals surface area contributed by atoms with Gasteiger partial charge in [-0.05, 0) is 117 Å². The Kier molecular flexibility index (Phi) is 13.4. The molecule has 3 aromatic carbocycles. The number of carbonyl (C=O) groups excluding carboxylic acids is 4. The molecule has 0 bridgehead atoms. The second kappa shape index (κ2) is 19.7. The Morgan fingerprint density at radius 1 is 0.576 bits per heavy atom. The molecule has 16 heteroatoms. The molecule has 6 atom stereocenters. The van der Waals surface area contributed by atoms with E-state index < -0.39 is 24.3 Å². The molecule has 4 amide bonds. The van der Waals surface area contributed by atoms with Crippen molar-refractivity contribution >= 4 is 34.8 Å². The van der Waals surface area contributed by atoms with Gasteiger partial charge in [0.15, 0.2) is 0 Å². The zero-order valence-corrected chi connectivity index (χ0v) is 38.1. The van der Waals surface area contributed by atoms with Gasteiger partial charge in [-0.15, -0.1) is 0 Å². The number of nitrogens with zero attached hydrogens (tertiary/aromatic N) is 4. The summed E-state index contributed by atoms with van der Waals surface area (Å²) in [6, 6.07) is 19.3. The molecule has 9 rings (SSSR count). The fourth-order valence-corrected chi connectivity index (χ4v) is 10.5. The van der Waals surface area contributed by atoms with E-state index in [1.807, 2.05) is 22.2 Å². The first-order valence-electron chi connectivity index (χ1n) is 23.3. The smallest absolute Gasteiger partial charge is 0.407 e. The van der Waals surface area contributed by atoms with Crippen LogP contribution < -0.4 is 10.6 Å². The predicted octanol–water partition coefficient (Wildman–Crippen LogP) is 7.69. The summed E-state index contributed by atoms with van der Waals surface area (Å²) >= 11 is 0. The summed E-state index contributed by atoms with van der Waals surface area (Å²) in [5, 5.41) is 7.87. The normalized spacial score (nSPS) is 22.5. The van der Waals surface area contributed by atoms with Crippen LogP contribution in [0.1, 0.15) is 88.9 Å². The molecule has 0 unspecified atom stereocenters. The van der Waals surface area contributed by atoms with Crippen LogP contribution in [0, 0.1) is 11.8 Å². The lowest BCUT2D eigenvalue weighted by molar-refractivity contribution is -0.139. The standard InChI is InChI=1S/C50H60N8O8/c1-29-5-15-41(57(29)47(59)43(55-49(61)63-3)33-17-21-65-22-18-33)45-51-27-39(53-45)32-9-7-31(8-10-32)35-11-12-37-26-38(14-13-36(37)25-35)40-28-52-46(54-40)42-16-6-30(2)58(42)48(60)44(56-50(62)64-4)34-19-23-66-24-20-34/h7-14,25-30,33-34,41-44H,5-6,15-24H2,1-4H3,(H,51,53)(H,52,54)(H,55,61)(H,56,62)/t29-,30-,41-,42-,43-,44-/m0/s1. The first-order valence-corrected chi connectivity index (χ1v) is 23.3. The minimum absolute atomic E-state index is 0.0135. The van der Waals surface area contributed by atoms with E-state index in [9.17, 15) is 19.2 Å². The Morgan fingerprint density at radius 3 is 1.45 bits per heavy atom. The molecular weight excluding hydrogens is 841 g/mol. The van der Waals surface area contributed by atoms with Crippen molar-refractivity contribution in [1.29, 1.82) is 0 Å². The topological polar surface area (TPSA) is 193 Å². The summed E-state index contributed by atoms with van der Waals surface area (Å²) in [4.78, 5) is 73.6. The van der Waals surface area contributed by atoms with E-state index in [1.165, 1.54) is 14.2 Å². The highest BCUT2D eigenvalue weighted by atomic mass is 16.5. The van der Waals surface area contributed by atoms with Crippen molar-refractivity contribution in [3.05, 3.63) is 84.7 Å². The molecule has 0 aliphatic carbocycles. The third-order valence-corrected chi connectivity index (χ3v) is 14.3. The van der Waals surface area contributed by atoms with E-state index >= 15 is 0 Å². The number of methoxy groups -OCH3 is 2. The summed E-state index contributed by atoms with van der Waals surface area (Å²) in [6.07, 6.45) is 8.37. The molecule has 66 heavy (non-hydrogen) atoms. The lowest BCUT2D eigenvalue weighted by atomic mass is 9.90. The quantitative estimate of drug-likeness (QED) is 0.102. The monoisotopic (exact) mass is 900 g/mol. The van der Waals surface area contributed by atoms with Crippen molar-refractivity contribution in [3.8, 4) is 33.6 Å². The molecule has 4 aliphatic heterocycles. The van der Waals surface area contributed by atoms with Crippen molar-refractivity contribution in [2.75, 3.05) is 40.6 Å². The Hall–Kier alpha value is -6.26. The highest BCUT2D eigenvalue weighted by molar-refractivity contribution is 5.91. The van der Waals surface area contributed by atoms with Crippen molar-refractivity contribution in [3.63, 3.8) is 0 Å². The maximum atomic E-state index is 14.2. The number of hydrogen-bond donors (Lipinski definition) is 4. The van der Waals surface area contributed by atoms with Gasteiger partial charge in [-0.3, -0.25) is 9.59 Å². The number of aromatic nitrogens is 4. The van der Waals surface area contributed by atoms with Gasteiger partial charge < -0.3 is 49.3 Å². The predicted molar refractivity (Wildman–Crippen MR) is 247 cm³/mol. The number of carbonyl (C=O) groups is 4. The SMILES string of the molecule is COC(=O)N[C@H](C(=O)N1[C@@H](C)CC[C@H]1c1ncc(-c2ccc(-c3ccc4cc(-c5cnc([C@@H]6CC[C@H](C)N6C(=O)[C@@H](NC(=O)OC)C6CCOCC6)[nH]5)ccc4c3)cc2)[nH]1)C1CCOCC1. The molecule has 4 saturated heterocycles. The van der Waals surface area contributed by atoms with Crippen LogP contribution in [0.25, 0.3) is 44.4 Å². The summed E-state index contributed by atoms with van der Waals surface area (Å²) in [7, 11) is 2.63. The minimum atomic E-state index is -0.703. The van der Waals surface area contributed by atoms with E-state index in [-0.39, 0.29) is 47.8 Å². The molecule has 0 radical (unpaired) electrons. The maximum Gasteiger partial charge on any atom is 0.407 e. The van der Waals surface area contributed by atoms with Crippen molar-refractivity contribution in [2.45, 2.75) is 101 Å². The number of hydrogen-bond acceptors (Lipinski definition) is 10. The average Bonchev–Trinajstić information content (AvgIpc) is 4.19. The van der Waals surface area contributed by atoms with Crippen molar-refractivity contribution in [2.24, 2.45) is 11.8 Å². The van der Waals surface area contributed by atoms with Crippen molar-refractivity contribution in [1.82, 2.24) is 40.4 Å². The molecule has 4 aliphatic rings. The number of amides is 4. The van der Waals surface area contributed by atoms with Gasteiger partial charge in [0.25, 0.3) is 0 Å². The number of rotatable bonds is 11. The lowest BCUT2D eigenvalue weighted by Gasteiger charge is -2.36.